The van der Waals surface area contributed by atoms with E-state index in [9.17, 15) is 0 Å². The lowest BCUT2D eigenvalue weighted by molar-refractivity contribution is 0.639. The Morgan fingerprint density at radius 3 is 2.53 bits per heavy atom. The molecule has 1 atom stereocenters. The molecule has 2 nitrogen and oxygen atoms in total. The summed E-state index contributed by atoms with van der Waals surface area (Å²) in [7, 11) is 0. The summed E-state index contributed by atoms with van der Waals surface area (Å²) >= 11 is 8.05. The van der Waals surface area contributed by atoms with E-state index < -0.39 is 0 Å². The van der Waals surface area contributed by atoms with Crippen molar-refractivity contribution in [3.8, 4) is 0 Å². The maximum absolute atomic E-state index is 6.20. The highest BCUT2D eigenvalue weighted by molar-refractivity contribution is 7.99. The first-order valence-corrected chi connectivity index (χ1v) is 7.87. The molecular formula is C15H19ClN2S. The highest BCUT2D eigenvalue weighted by Crippen LogP contribution is 2.26. The number of halogens is 1. The summed E-state index contributed by atoms with van der Waals surface area (Å²) in [6.07, 6.45) is 0. The fourth-order valence-electron chi connectivity index (χ4n) is 2.27. The molecule has 1 aromatic carbocycles. The van der Waals surface area contributed by atoms with Crippen LogP contribution < -0.4 is 0 Å². The standard InChI is InChI=1S/C15H19ClN2S/c1-11(16)15-12(2)17-18(13(15)3)9-10-19-14-7-5-4-6-8-14/h4-8,11H,9-10H2,1-3H3. The predicted molar refractivity (Wildman–Crippen MR) is 83.1 cm³/mol. The van der Waals surface area contributed by atoms with Gasteiger partial charge in [0.25, 0.3) is 0 Å². The molecule has 0 spiro atoms. The van der Waals surface area contributed by atoms with Gasteiger partial charge in [0.05, 0.1) is 17.6 Å². The Balaban J connectivity index is 1.99. The second-order valence-corrected chi connectivity index (χ2v) is 6.41. The number of hydrogen-bond donors (Lipinski definition) is 0. The van der Waals surface area contributed by atoms with E-state index in [1.165, 1.54) is 16.2 Å². The second kappa shape index (κ2) is 6.49. The van der Waals surface area contributed by atoms with Crippen molar-refractivity contribution in [2.45, 2.75) is 37.6 Å². The SMILES string of the molecule is Cc1nn(CCSc2ccccc2)c(C)c1C(C)Cl. The van der Waals surface area contributed by atoms with Crippen molar-refractivity contribution < 1.29 is 0 Å². The molecule has 1 unspecified atom stereocenters. The van der Waals surface area contributed by atoms with Gasteiger partial charge in [0.1, 0.15) is 0 Å². The van der Waals surface area contributed by atoms with E-state index in [0.29, 0.717) is 0 Å². The molecule has 4 heteroatoms. The Labute approximate surface area is 124 Å². The van der Waals surface area contributed by atoms with Crippen molar-refractivity contribution in [3.63, 3.8) is 0 Å². The van der Waals surface area contributed by atoms with Crippen LogP contribution in [-0.2, 0) is 6.54 Å². The number of thioether (sulfide) groups is 1. The normalized spacial score (nSPS) is 12.6. The van der Waals surface area contributed by atoms with Gasteiger partial charge in [0.15, 0.2) is 0 Å². The first kappa shape index (κ1) is 14.5. The van der Waals surface area contributed by atoms with Crippen LogP contribution in [0.2, 0.25) is 0 Å². The summed E-state index contributed by atoms with van der Waals surface area (Å²) in [6.45, 7) is 7.04. The second-order valence-electron chi connectivity index (χ2n) is 4.59. The summed E-state index contributed by atoms with van der Waals surface area (Å²) in [5.41, 5.74) is 3.41. The minimum absolute atomic E-state index is 0.0236. The lowest BCUT2D eigenvalue weighted by atomic mass is 10.1. The van der Waals surface area contributed by atoms with Crippen molar-refractivity contribution in [2.24, 2.45) is 0 Å². The van der Waals surface area contributed by atoms with Gasteiger partial charge in [-0.05, 0) is 32.9 Å². The Bertz CT molecular complexity index is 535. The van der Waals surface area contributed by atoms with Crippen LogP contribution in [0.3, 0.4) is 0 Å². The summed E-state index contributed by atoms with van der Waals surface area (Å²) < 4.78 is 2.07. The fraction of sp³-hybridized carbons (Fsp3) is 0.400. The Kier molecular flexibility index (Phi) is 4.94. The van der Waals surface area contributed by atoms with Gasteiger partial charge in [-0.2, -0.15) is 5.10 Å². The van der Waals surface area contributed by atoms with Gasteiger partial charge in [-0.3, -0.25) is 4.68 Å². The molecule has 0 saturated heterocycles. The number of rotatable bonds is 5. The molecule has 102 valence electrons. The van der Waals surface area contributed by atoms with E-state index >= 15 is 0 Å². The first-order valence-electron chi connectivity index (χ1n) is 6.45. The molecular weight excluding hydrogens is 276 g/mol. The zero-order valence-electron chi connectivity index (χ0n) is 11.6. The van der Waals surface area contributed by atoms with Crippen LogP contribution >= 0.6 is 23.4 Å². The average Bonchev–Trinajstić information content (AvgIpc) is 2.66. The highest BCUT2D eigenvalue weighted by Gasteiger charge is 2.15. The molecule has 1 heterocycles. The number of nitrogens with zero attached hydrogens (tertiary/aromatic N) is 2. The quantitative estimate of drug-likeness (QED) is 0.593. The molecule has 0 aliphatic carbocycles. The molecule has 0 amide bonds. The van der Waals surface area contributed by atoms with Crippen molar-refractivity contribution in [3.05, 3.63) is 47.3 Å². The van der Waals surface area contributed by atoms with E-state index in [4.69, 9.17) is 11.6 Å². The van der Waals surface area contributed by atoms with E-state index in [1.807, 2.05) is 31.7 Å². The minimum Gasteiger partial charge on any atom is -0.268 e. The van der Waals surface area contributed by atoms with Crippen LogP contribution in [0, 0.1) is 13.8 Å². The molecule has 0 saturated carbocycles. The summed E-state index contributed by atoms with van der Waals surface area (Å²) in [4.78, 5) is 1.30. The molecule has 0 bridgehead atoms. The Morgan fingerprint density at radius 2 is 1.95 bits per heavy atom. The number of alkyl halides is 1. The molecule has 0 fully saturated rings. The smallest absolute Gasteiger partial charge is 0.0643 e. The third kappa shape index (κ3) is 3.54. The maximum atomic E-state index is 6.20. The van der Waals surface area contributed by atoms with Gasteiger partial charge in [-0.15, -0.1) is 23.4 Å². The Morgan fingerprint density at radius 1 is 1.26 bits per heavy atom. The van der Waals surface area contributed by atoms with Gasteiger partial charge in [-0.25, -0.2) is 0 Å². The fourth-order valence-corrected chi connectivity index (χ4v) is 3.44. The summed E-state index contributed by atoms with van der Waals surface area (Å²) in [5, 5.41) is 4.61. The Hall–Kier alpha value is -0.930. The third-order valence-electron chi connectivity index (χ3n) is 3.15. The van der Waals surface area contributed by atoms with Crippen LogP contribution in [0.5, 0.6) is 0 Å². The highest BCUT2D eigenvalue weighted by atomic mass is 35.5. The zero-order chi connectivity index (χ0) is 13.8. The molecule has 19 heavy (non-hydrogen) atoms. The average molecular weight is 295 g/mol. The van der Waals surface area contributed by atoms with Crippen molar-refractivity contribution in [1.29, 1.82) is 0 Å². The van der Waals surface area contributed by atoms with Crippen LogP contribution in [-0.4, -0.2) is 15.5 Å². The van der Waals surface area contributed by atoms with E-state index in [1.54, 1.807) is 0 Å². The molecule has 0 aliphatic rings. The summed E-state index contributed by atoms with van der Waals surface area (Å²) in [6, 6.07) is 10.5. The first-order chi connectivity index (χ1) is 9.09. The zero-order valence-corrected chi connectivity index (χ0v) is 13.1. The monoisotopic (exact) mass is 294 g/mol. The van der Waals surface area contributed by atoms with Crippen molar-refractivity contribution in [2.75, 3.05) is 5.75 Å². The minimum atomic E-state index is 0.0236. The van der Waals surface area contributed by atoms with Crippen LogP contribution in [0.4, 0.5) is 0 Å². The molecule has 2 aromatic rings. The number of benzene rings is 1. The topological polar surface area (TPSA) is 17.8 Å². The molecule has 0 N–H and O–H groups in total. The largest absolute Gasteiger partial charge is 0.268 e. The number of aryl methyl sites for hydroxylation is 2. The van der Waals surface area contributed by atoms with E-state index in [2.05, 4.69) is 41.0 Å². The van der Waals surface area contributed by atoms with Gasteiger partial charge < -0.3 is 0 Å². The molecule has 1 aromatic heterocycles. The molecule has 0 aliphatic heterocycles. The van der Waals surface area contributed by atoms with Crippen LogP contribution in [0.1, 0.15) is 29.3 Å². The lowest BCUT2D eigenvalue weighted by Gasteiger charge is -2.06. The van der Waals surface area contributed by atoms with E-state index in [-0.39, 0.29) is 5.38 Å². The number of aromatic nitrogens is 2. The molecule has 2 rings (SSSR count). The predicted octanol–water partition coefficient (Wildman–Crippen LogP) is 4.59. The third-order valence-corrected chi connectivity index (χ3v) is 4.36. The van der Waals surface area contributed by atoms with E-state index in [0.717, 1.165) is 18.0 Å². The van der Waals surface area contributed by atoms with Crippen molar-refractivity contribution in [1.82, 2.24) is 9.78 Å². The van der Waals surface area contributed by atoms with Gasteiger partial charge in [-0.1, -0.05) is 18.2 Å². The molecule has 0 radical (unpaired) electrons. The summed E-state index contributed by atoms with van der Waals surface area (Å²) in [5.74, 6) is 1.02. The van der Waals surface area contributed by atoms with Crippen LogP contribution in [0.25, 0.3) is 0 Å². The van der Waals surface area contributed by atoms with Gasteiger partial charge in [0, 0.05) is 21.9 Å². The van der Waals surface area contributed by atoms with Crippen LogP contribution in [0.15, 0.2) is 35.2 Å². The lowest BCUT2D eigenvalue weighted by Crippen LogP contribution is -2.05. The number of hydrogen-bond acceptors (Lipinski definition) is 2. The van der Waals surface area contributed by atoms with Gasteiger partial charge >= 0.3 is 0 Å². The van der Waals surface area contributed by atoms with Crippen molar-refractivity contribution >= 4 is 23.4 Å². The maximum Gasteiger partial charge on any atom is 0.0643 e. The van der Waals surface area contributed by atoms with Gasteiger partial charge in [0.2, 0.25) is 0 Å².